The number of ketones is 1. The van der Waals surface area contributed by atoms with Crippen LogP contribution in [0.4, 0.5) is 0 Å². The standard InChI is InChI=1S/C14H9IN2O/c15-11-3-1-9(2-4-11)14(18)13-7-10-8-16-6-5-12(10)17-13/h1-8,17H. The van der Waals surface area contributed by atoms with Gasteiger partial charge < -0.3 is 4.98 Å². The van der Waals surface area contributed by atoms with E-state index >= 15 is 0 Å². The molecule has 0 unspecified atom stereocenters. The summed E-state index contributed by atoms with van der Waals surface area (Å²) in [5, 5.41) is 0.950. The molecule has 0 atom stereocenters. The van der Waals surface area contributed by atoms with E-state index in [0.29, 0.717) is 11.3 Å². The van der Waals surface area contributed by atoms with E-state index in [1.165, 1.54) is 0 Å². The highest BCUT2D eigenvalue weighted by Gasteiger charge is 2.11. The number of H-pyrrole nitrogens is 1. The Balaban J connectivity index is 2.03. The number of nitrogens with zero attached hydrogens (tertiary/aromatic N) is 1. The highest BCUT2D eigenvalue weighted by Crippen LogP contribution is 2.17. The highest BCUT2D eigenvalue weighted by atomic mass is 127. The van der Waals surface area contributed by atoms with Gasteiger partial charge in [0.2, 0.25) is 5.78 Å². The van der Waals surface area contributed by atoms with E-state index in [-0.39, 0.29) is 5.78 Å². The summed E-state index contributed by atoms with van der Waals surface area (Å²) < 4.78 is 1.12. The van der Waals surface area contributed by atoms with Gasteiger partial charge in [0.05, 0.1) is 5.69 Å². The molecule has 0 bridgehead atoms. The van der Waals surface area contributed by atoms with Crippen LogP contribution in [0.1, 0.15) is 16.1 Å². The predicted molar refractivity (Wildman–Crippen MR) is 78.7 cm³/mol. The lowest BCUT2D eigenvalue weighted by atomic mass is 10.1. The van der Waals surface area contributed by atoms with Crippen molar-refractivity contribution in [3.8, 4) is 0 Å². The average molecular weight is 348 g/mol. The predicted octanol–water partition coefficient (Wildman–Crippen LogP) is 3.40. The largest absolute Gasteiger partial charge is 0.352 e. The third-order valence-electron chi connectivity index (χ3n) is 2.77. The first-order chi connectivity index (χ1) is 8.74. The molecule has 3 nitrogen and oxygen atoms in total. The van der Waals surface area contributed by atoms with E-state index in [4.69, 9.17) is 0 Å². The molecule has 0 radical (unpaired) electrons. The van der Waals surface area contributed by atoms with Gasteiger partial charge in [0.1, 0.15) is 0 Å². The van der Waals surface area contributed by atoms with Crippen molar-refractivity contribution in [2.75, 3.05) is 0 Å². The number of nitrogens with one attached hydrogen (secondary N) is 1. The molecular formula is C14H9IN2O. The molecule has 1 aromatic carbocycles. The number of halogens is 1. The summed E-state index contributed by atoms with van der Waals surface area (Å²) in [5.41, 5.74) is 2.22. The Labute approximate surface area is 117 Å². The molecule has 2 heterocycles. The van der Waals surface area contributed by atoms with Gasteiger partial charge in [0, 0.05) is 32.4 Å². The van der Waals surface area contributed by atoms with E-state index in [2.05, 4.69) is 32.6 Å². The number of aromatic amines is 1. The molecule has 3 rings (SSSR count). The third-order valence-corrected chi connectivity index (χ3v) is 3.49. The molecule has 0 fully saturated rings. The Morgan fingerprint density at radius 3 is 2.67 bits per heavy atom. The van der Waals surface area contributed by atoms with Gasteiger partial charge in [-0.05, 0) is 59.0 Å². The van der Waals surface area contributed by atoms with Gasteiger partial charge in [-0.15, -0.1) is 0 Å². The number of carbonyl (C=O) groups excluding carboxylic acids is 1. The quantitative estimate of drug-likeness (QED) is 0.570. The zero-order valence-corrected chi connectivity index (χ0v) is 11.5. The molecular weight excluding hydrogens is 339 g/mol. The highest BCUT2D eigenvalue weighted by molar-refractivity contribution is 14.1. The Morgan fingerprint density at radius 1 is 1.17 bits per heavy atom. The zero-order valence-electron chi connectivity index (χ0n) is 9.35. The van der Waals surface area contributed by atoms with Crippen LogP contribution in [0.25, 0.3) is 10.9 Å². The fourth-order valence-corrected chi connectivity index (χ4v) is 2.21. The first-order valence-corrected chi connectivity index (χ1v) is 6.55. The van der Waals surface area contributed by atoms with Crippen molar-refractivity contribution in [3.05, 3.63) is 63.6 Å². The average Bonchev–Trinajstić information content (AvgIpc) is 2.82. The van der Waals surface area contributed by atoms with Gasteiger partial charge in [0.25, 0.3) is 0 Å². The Bertz CT molecular complexity index is 683. The maximum atomic E-state index is 12.3. The number of hydrogen-bond acceptors (Lipinski definition) is 2. The van der Waals surface area contributed by atoms with Crippen LogP contribution in [0.5, 0.6) is 0 Å². The maximum absolute atomic E-state index is 12.3. The van der Waals surface area contributed by atoms with E-state index in [9.17, 15) is 4.79 Å². The summed E-state index contributed by atoms with van der Waals surface area (Å²) in [7, 11) is 0. The van der Waals surface area contributed by atoms with Crippen LogP contribution in [-0.2, 0) is 0 Å². The molecule has 0 aliphatic carbocycles. The first kappa shape index (κ1) is 11.4. The Morgan fingerprint density at radius 2 is 1.94 bits per heavy atom. The molecule has 0 amide bonds. The van der Waals surface area contributed by atoms with E-state index in [0.717, 1.165) is 14.5 Å². The van der Waals surface area contributed by atoms with E-state index in [1.54, 1.807) is 12.4 Å². The molecule has 0 aliphatic rings. The van der Waals surface area contributed by atoms with Crippen molar-refractivity contribution in [1.82, 2.24) is 9.97 Å². The number of hydrogen-bond donors (Lipinski definition) is 1. The number of fused-ring (bicyclic) bond motifs is 1. The van der Waals surface area contributed by atoms with Crippen LogP contribution >= 0.6 is 22.6 Å². The smallest absolute Gasteiger partial charge is 0.209 e. The van der Waals surface area contributed by atoms with Gasteiger partial charge in [-0.1, -0.05) is 0 Å². The SMILES string of the molecule is O=C(c1ccc(I)cc1)c1cc2cnccc2[nH]1. The molecule has 0 spiro atoms. The topological polar surface area (TPSA) is 45.8 Å². The minimum absolute atomic E-state index is 0.00241. The number of aromatic nitrogens is 2. The molecule has 3 aromatic rings. The van der Waals surface area contributed by atoms with Gasteiger partial charge in [0.15, 0.2) is 0 Å². The molecule has 4 heteroatoms. The molecule has 1 N–H and O–H groups in total. The van der Waals surface area contributed by atoms with Crippen LogP contribution in [0.3, 0.4) is 0 Å². The van der Waals surface area contributed by atoms with Crippen LogP contribution in [-0.4, -0.2) is 15.8 Å². The minimum Gasteiger partial charge on any atom is -0.352 e. The van der Waals surface area contributed by atoms with Crippen LogP contribution in [0.15, 0.2) is 48.8 Å². The van der Waals surface area contributed by atoms with Gasteiger partial charge >= 0.3 is 0 Å². The van der Waals surface area contributed by atoms with Gasteiger partial charge in [-0.3, -0.25) is 9.78 Å². The van der Waals surface area contributed by atoms with Crippen molar-refractivity contribution < 1.29 is 4.79 Å². The third kappa shape index (κ3) is 2.03. The molecule has 0 saturated carbocycles. The van der Waals surface area contributed by atoms with E-state index < -0.39 is 0 Å². The summed E-state index contributed by atoms with van der Waals surface area (Å²) in [6, 6.07) is 11.2. The number of benzene rings is 1. The van der Waals surface area contributed by atoms with Crippen molar-refractivity contribution >= 4 is 39.3 Å². The lowest BCUT2D eigenvalue weighted by Crippen LogP contribution is -2.01. The summed E-state index contributed by atoms with van der Waals surface area (Å²) in [5.74, 6) is 0.00241. The number of pyridine rings is 1. The number of rotatable bonds is 2. The summed E-state index contributed by atoms with van der Waals surface area (Å²) in [6.45, 7) is 0. The first-order valence-electron chi connectivity index (χ1n) is 5.47. The van der Waals surface area contributed by atoms with E-state index in [1.807, 2.05) is 36.4 Å². The second kappa shape index (κ2) is 4.53. The molecule has 88 valence electrons. The summed E-state index contributed by atoms with van der Waals surface area (Å²) in [6.07, 6.45) is 3.45. The monoisotopic (exact) mass is 348 g/mol. The Hall–Kier alpha value is -1.69. The lowest BCUT2D eigenvalue weighted by Gasteiger charge is -1.98. The fourth-order valence-electron chi connectivity index (χ4n) is 1.85. The van der Waals surface area contributed by atoms with Gasteiger partial charge in [-0.25, -0.2) is 0 Å². The second-order valence-electron chi connectivity index (χ2n) is 3.98. The Kier molecular flexibility index (Phi) is 2.87. The molecule has 0 aliphatic heterocycles. The van der Waals surface area contributed by atoms with Crippen molar-refractivity contribution in [3.63, 3.8) is 0 Å². The molecule has 18 heavy (non-hydrogen) atoms. The van der Waals surface area contributed by atoms with Crippen molar-refractivity contribution in [2.24, 2.45) is 0 Å². The minimum atomic E-state index is 0.00241. The second-order valence-corrected chi connectivity index (χ2v) is 5.23. The van der Waals surface area contributed by atoms with Gasteiger partial charge in [-0.2, -0.15) is 0 Å². The van der Waals surface area contributed by atoms with Crippen LogP contribution < -0.4 is 0 Å². The summed E-state index contributed by atoms with van der Waals surface area (Å²) >= 11 is 2.22. The number of carbonyl (C=O) groups is 1. The molecule has 2 aromatic heterocycles. The van der Waals surface area contributed by atoms with Crippen LogP contribution in [0, 0.1) is 3.57 Å². The zero-order chi connectivity index (χ0) is 12.5. The van der Waals surface area contributed by atoms with Crippen molar-refractivity contribution in [2.45, 2.75) is 0 Å². The normalized spacial score (nSPS) is 10.7. The van der Waals surface area contributed by atoms with Crippen LogP contribution in [0.2, 0.25) is 0 Å². The molecule has 0 saturated heterocycles. The maximum Gasteiger partial charge on any atom is 0.209 e. The summed E-state index contributed by atoms with van der Waals surface area (Å²) in [4.78, 5) is 19.4. The lowest BCUT2D eigenvalue weighted by molar-refractivity contribution is 0.103. The van der Waals surface area contributed by atoms with Crippen molar-refractivity contribution in [1.29, 1.82) is 0 Å². The fraction of sp³-hybridized carbons (Fsp3) is 0.